The summed E-state index contributed by atoms with van der Waals surface area (Å²) in [5.74, 6) is 0.578. The molecule has 1 amide bonds. The number of amides is 1. The zero-order valence-electron chi connectivity index (χ0n) is 17.7. The molecular formula is C23H25N3O5. The van der Waals surface area contributed by atoms with Crippen LogP contribution in [0.3, 0.4) is 0 Å². The molecule has 1 aromatic heterocycles. The van der Waals surface area contributed by atoms with Gasteiger partial charge in [-0.1, -0.05) is 37.3 Å². The number of H-pyrrole nitrogens is 1. The first kappa shape index (κ1) is 21.9. The minimum Gasteiger partial charge on any atom is -0.493 e. The lowest BCUT2D eigenvalue weighted by Gasteiger charge is -2.16. The highest BCUT2D eigenvalue weighted by Gasteiger charge is 2.19. The number of nitrogens with one attached hydrogen (secondary N) is 2. The third-order valence-corrected chi connectivity index (χ3v) is 4.72. The van der Waals surface area contributed by atoms with E-state index in [1.165, 1.54) is 14.2 Å². The summed E-state index contributed by atoms with van der Waals surface area (Å²) in [4.78, 5) is 31.8. The summed E-state index contributed by atoms with van der Waals surface area (Å²) in [5, 5.41) is 2.99. The molecule has 0 spiro atoms. The van der Waals surface area contributed by atoms with Gasteiger partial charge in [0.2, 0.25) is 0 Å². The highest BCUT2D eigenvalue weighted by molar-refractivity contribution is 5.95. The number of aromatic amines is 1. The summed E-state index contributed by atoms with van der Waals surface area (Å²) in [6, 6.07) is 14.3. The van der Waals surface area contributed by atoms with Gasteiger partial charge in [-0.25, -0.2) is 9.78 Å². The minimum atomic E-state index is -0.511. The van der Waals surface area contributed by atoms with Crippen molar-refractivity contribution in [1.29, 1.82) is 0 Å². The lowest BCUT2D eigenvalue weighted by atomic mass is 10.1. The second kappa shape index (κ2) is 10.3. The van der Waals surface area contributed by atoms with Crippen LogP contribution in [0.5, 0.6) is 11.5 Å². The van der Waals surface area contributed by atoms with Gasteiger partial charge < -0.3 is 24.5 Å². The fourth-order valence-corrected chi connectivity index (χ4v) is 3.01. The number of benzene rings is 2. The van der Waals surface area contributed by atoms with Gasteiger partial charge in [0.25, 0.3) is 5.91 Å². The highest BCUT2D eigenvalue weighted by atomic mass is 16.6. The molecule has 31 heavy (non-hydrogen) atoms. The van der Waals surface area contributed by atoms with Crippen molar-refractivity contribution in [1.82, 2.24) is 15.3 Å². The summed E-state index contributed by atoms with van der Waals surface area (Å²) >= 11 is 0. The lowest BCUT2D eigenvalue weighted by molar-refractivity contribution is -0.142. The Labute approximate surface area is 180 Å². The van der Waals surface area contributed by atoms with Crippen LogP contribution in [-0.2, 0) is 9.53 Å². The number of methoxy groups -OCH3 is 2. The maximum absolute atomic E-state index is 12.8. The predicted octanol–water partition coefficient (Wildman–Crippen LogP) is 3.52. The second-order valence-electron chi connectivity index (χ2n) is 6.71. The van der Waals surface area contributed by atoms with Gasteiger partial charge >= 0.3 is 5.97 Å². The number of carbonyl (C=O) groups is 2. The first-order valence-corrected chi connectivity index (χ1v) is 9.84. The molecule has 0 aliphatic heterocycles. The third-order valence-electron chi connectivity index (χ3n) is 4.72. The van der Waals surface area contributed by atoms with E-state index < -0.39 is 5.97 Å². The van der Waals surface area contributed by atoms with Crippen LogP contribution in [0.25, 0.3) is 11.3 Å². The molecular weight excluding hydrogens is 398 g/mol. The molecule has 1 unspecified atom stereocenters. The van der Waals surface area contributed by atoms with Gasteiger partial charge in [0.05, 0.1) is 32.2 Å². The Bertz CT molecular complexity index is 1030. The lowest BCUT2D eigenvalue weighted by Crippen LogP contribution is -2.29. The fourth-order valence-electron chi connectivity index (χ4n) is 3.01. The van der Waals surface area contributed by atoms with Crippen LogP contribution in [0.4, 0.5) is 0 Å². The van der Waals surface area contributed by atoms with Gasteiger partial charge in [-0.2, -0.15) is 0 Å². The van der Waals surface area contributed by atoms with Crippen LogP contribution >= 0.6 is 0 Å². The van der Waals surface area contributed by atoms with Crippen molar-refractivity contribution >= 4 is 11.9 Å². The molecule has 2 aromatic carbocycles. The van der Waals surface area contributed by atoms with Crippen LogP contribution in [0.1, 0.15) is 35.6 Å². The monoisotopic (exact) mass is 423 g/mol. The first-order chi connectivity index (χ1) is 15.0. The van der Waals surface area contributed by atoms with Crippen molar-refractivity contribution in [2.45, 2.75) is 19.4 Å². The van der Waals surface area contributed by atoms with E-state index in [0.29, 0.717) is 29.3 Å². The maximum Gasteiger partial charge on any atom is 0.343 e. The average Bonchev–Trinajstić information content (AvgIpc) is 3.31. The largest absolute Gasteiger partial charge is 0.493 e. The SMILES string of the molecule is CCC(NC(=O)c1ccc(OCC(=O)OC)c(OC)c1)c1ncc(-c2ccccc2)[nH]1. The predicted molar refractivity (Wildman–Crippen MR) is 115 cm³/mol. The van der Waals surface area contributed by atoms with E-state index in [2.05, 4.69) is 20.0 Å². The van der Waals surface area contributed by atoms with E-state index in [0.717, 1.165) is 11.3 Å². The molecule has 2 N–H and O–H groups in total. The highest BCUT2D eigenvalue weighted by Crippen LogP contribution is 2.28. The summed E-state index contributed by atoms with van der Waals surface area (Å²) in [7, 11) is 2.74. The topological polar surface area (TPSA) is 103 Å². The van der Waals surface area contributed by atoms with Crippen molar-refractivity contribution in [3.8, 4) is 22.8 Å². The molecule has 1 atom stereocenters. The Kier molecular flexibility index (Phi) is 7.26. The first-order valence-electron chi connectivity index (χ1n) is 9.84. The number of nitrogens with zero attached hydrogens (tertiary/aromatic N) is 1. The molecule has 1 heterocycles. The summed E-state index contributed by atoms with van der Waals surface area (Å²) in [6.45, 7) is 1.72. The number of hydrogen-bond acceptors (Lipinski definition) is 6. The second-order valence-corrected chi connectivity index (χ2v) is 6.71. The van der Waals surface area contributed by atoms with Gasteiger partial charge in [-0.15, -0.1) is 0 Å². The average molecular weight is 423 g/mol. The van der Waals surface area contributed by atoms with Crippen molar-refractivity contribution in [3.63, 3.8) is 0 Å². The number of imidazole rings is 1. The van der Waals surface area contributed by atoms with Crippen molar-refractivity contribution in [3.05, 3.63) is 66.1 Å². The number of carbonyl (C=O) groups excluding carboxylic acids is 2. The molecule has 0 saturated carbocycles. The molecule has 0 aliphatic carbocycles. The van der Waals surface area contributed by atoms with E-state index >= 15 is 0 Å². The number of esters is 1. The van der Waals surface area contributed by atoms with Crippen molar-refractivity contribution < 1.29 is 23.8 Å². The number of rotatable bonds is 9. The Balaban J connectivity index is 1.72. The van der Waals surface area contributed by atoms with Gasteiger partial charge in [0, 0.05) is 5.56 Å². The molecule has 0 saturated heterocycles. The van der Waals surface area contributed by atoms with Crippen LogP contribution in [0.15, 0.2) is 54.7 Å². The van der Waals surface area contributed by atoms with Gasteiger partial charge in [0.15, 0.2) is 18.1 Å². The number of hydrogen-bond donors (Lipinski definition) is 2. The Morgan fingerprint density at radius 2 is 1.87 bits per heavy atom. The van der Waals surface area contributed by atoms with E-state index in [1.54, 1.807) is 24.4 Å². The van der Waals surface area contributed by atoms with Gasteiger partial charge in [-0.3, -0.25) is 4.79 Å². The summed E-state index contributed by atoms with van der Waals surface area (Å²) in [5.41, 5.74) is 2.31. The summed E-state index contributed by atoms with van der Waals surface area (Å²) in [6.07, 6.45) is 2.42. The van der Waals surface area contributed by atoms with Crippen molar-refractivity contribution in [2.24, 2.45) is 0 Å². The Morgan fingerprint density at radius 3 is 2.55 bits per heavy atom. The Hall–Kier alpha value is -3.81. The zero-order valence-corrected chi connectivity index (χ0v) is 17.7. The Morgan fingerprint density at radius 1 is 1.10 bits per heavy atom. The number of aromatic nitrogens is 2. The standard InChI is InChI=1S/C23H25N3O5/c1-4-17(22-24-13-18(25-22)15-8-6-5-7-9-15)26-23(28)16-10-11-19(20(12-16)29-2)31-14-21(27)30-3/h5-13,17H,4,14H2,1-3H3,(H,24,25)(H,26,28). The van der Waals surface area contributed by atoms with Crippen LogP contribution < -0.4 is 14.8 Å². The molecule has 0 radical (unpaired) electrons. The van der Waals surface area contributed by atoms with Gasteiger partial charge in [0.1, 0.15) is 5.82 Å². The zero-order chi connectivity index (χ0) is 22.2. The van der Waals surface area contributed by atoms with E-state index in [4.69, 9.17) is 9.47 Å². The third kappa shape index (κ3) is 5.42. The molecule has 0 bridgehead atoms. The minimum absolute atomic E-state index is 0.251. The van der Waals surface area contributed by atoms with Crippen LogP contribution in [0.2, 0.25) is 0 Å². The molecule has 3 aromatic rings. The molecule has 8 heteroatoms. The van der Waals surface area contributed by atoms with Gasteiger partial charge in [-0.05, 0) is 30.2 Å². The molecule has 0 aliphatic rings. The van der Waals surface area contributed by atoms with E-state index in [-0.39, 0.29) is 18.6 Å². The molecule has 3 rings (SSSR count). The normalized spacial score (nSPS) is 11.5. The summed E-state index contributed by atoms with van der Waals surface area (Å²) < 4.78 is 15.2. The molecule has 162 valence electrons. The van der Waals surface area contributed by atoms with Crippen molar-refractivity contribution in [2.75, 3.05) is 20.8 Å². The van der Waals surface area contributed by atoms with E-state index in [1.807, 2.05) is 37.3 Å². The number of ether oxygens (including phenoxy) is 3. The quantitative estimate of drug-likeness (QED) is 0.511. The maximum atomic E-state index is 12.8. The molecule has 8 nitrogen and oxygen atoms in total. The van der Waals surface area contributed by atoms with Crippen LogP contribution in [0, 0.1) is 0 Å². The fraction of sp³-hybridized carbons (Fsp3) is 0.261. The van der Waals surface area contributed by atoms with Crippen LogP contribution in [-0.4, -0.2) is 42.7 Å². The van der Waals surface area contributed by atoms with E-state index in [9.17, 15) is 9.59 Å². The molecule has 0 fully saturated rings. The smallest absolute Gasteiger partial charge is 0.343 e.